The SMILES string of the molecule is Cc1cc(C)c(NCc2cccc(I)c2)c(Br)c1. The van der Waals surface area contributed by atoms with Crippen molar-refractivity contribution in [2.75, 3.05) is 5.32 Å². The van der Waals surface area contributed by atoms with Crippen LogP contribution >= 0.6 is 38.5 Å². The summed E-state index contributed by atoms with van der Waals surface area (Å²) in [4.78, 5) is 0. The summed E-state index contributed by atoms with van der Waals surface area (Å²) in [7, 11) is 0. The molecule has 0 radical (unpaired) electrons. The Kier molecular flexibility index (Phi) is 4.67. The first-order valence-electron chi connectivity index (χ1n) is 5.81. The fraction of sp³-hybridized carbons (Fsp3) is 0.200. The number of aryl methyl sites for hydroxylation is 2. The van der Waals surface area contributed by atoms with Crippen molar-refractivity contribution in [3.63, 3.8) is 0 Å². The zero-order chi connectivity index (χ0) is 13.1. The van der Waals surface area contributed by atoms with Crippen LogP contribution in [0.1, 0.15) is 16.7 Å². The lowest BCUT2D eigenvalue weighted by Crippen LogP contribution is -2.02. The minimum absolute atomic E-state index is 0.847. The van der Waals surface area contributed by atoms with Gasteiger partial charge in [0.05, 0.1) is 5.69 Å². The fourth-order valence-electron chi connectivity index (χ4n) is 1.98. The zero-order valence-electron chi connectivity index (χ0n) is 10.4. The van der Waals surface area contributed by atoms with Crippen LogP contribution in [0.5, 0.6) is 0 Å². The predicted octanol–water partition coefficient (Wildman–Crippen LogP) is 5.28. The van der Waals surface area contributed by atoms with E-state index in [4.69, 9.17) is 0 Å². The number of hydrogen-bond acceptors (Lipinski definition) is 1. The van der Waals surface area contributed by atoms with E-state index in [9.17, 15) is 0 Å². The summed E-state index contributed by atoms with van der Waals surface area (Å²) in [5, 5.41) is 3.50. The van der Waals surface area contributed by atoms with Crippen molar-refractivity contribution in [3.8, 4) is 0 Å². The molecule has 1 nitrogen and oxygen atoms in total. The van der Waals surface area contributed by atoms with Crippen LogP contribution in [-0.2, 0) is 6.54 Å². The maximum absolute atomic E-state index is 3.62. The lowest BCUT2D eigenvalue weighted by atomic mass is 10.1. The zero-order valence-corrected chi connectivity index (χ0v) is 14.2. The van der Waals surface area contributed by atoms with Gasteiger partial charge in [0.25, 0.3) is 0 Å². The molecule has 2 aromatic rings. The van der Waals surface area contributed by atoms with Crippen LogP contribution in [0, 0.1) is 17.4 Å². The number of rotatable bonds is 3. The van der Waals surface area contributed by atoms with Gasteiger partial charge in [-0.05, 0) is 87.3 Å². The van der Waals surface area contributed by atoms with Crippen molar-refractivity contribution in [2.45, 2.75) is 20.4 Å². The third-order valence-corrected chi connectivity index (χ3v) is 4.09. The van der Waals surface area contributed by atoms with Crippen molar-refractivity contribution in [3.05, 3.63) is 61.1 Å². The lowest BCUT2D eigenvalue weighted by Gasteiger charge is -2.13. The second-order valence-corrected chi connectivity index (χ2v) is 6.52. The standard InChI is InChI=1S/C15H15BrIN/c1-10-6-11(2)15(14(16)7-10)18-9-12-4-3-5-13(17)8-12/h3-8,18H,9H2,1-2H3. The van der Waals surface area contributed by atoms with Crippen LogP contribution in [0.4, 0.5) is 5.69 Å². The van der Waals surface area contributed by atoms with Gasteiger partial charge in [0, 0.05) is 14.6 Å². The Balaban J connectivity index is 2.16. The molecule has 2 aromatic carbocycles. The van der Waals surface area contributed by atoms with Gasteiger partial charge in [-0.25, -0.2) is 0 Å². The predicted molar refractivity (Wildman–Crippen MR) is 90.1 cm³/mol. The third kappa shape index (κ3) is 3.48. The van der Waals surface area contributed by atoms with Crippen molar-refractivity contribution in [1.82, 2.24) is 0 Å². The average Bonchev–Trinajstić information content (AvgIpc) is 2.27. The van der Waals surface area contributed by atoms with Gasteiger partial charge in [0.15, 0.2) is 0 Å². The molecule has 1 N–H and O–H groups in total. The molecule has 0 aliphatic heterocycles. The Morgan fingerprint density at radius 2 is 1.94 bits per heavy atom. The normalized spacial score (nSPS) is 10.4. The second-order valence-electron chi connectivity index (χ2n) is 4.42. The van der Waals surface area contributed by atoms with Crippen molar-refractivity contribution in [2.24, 2.45) is 0 Å². The van der Waals surface area contributed by atoms with E-state index >= 15 is 0 Å². The van der Waals surface area contributed by atoms with E-state index in [1.165, 1.54) is 25.9 Å². The number of hydrogen-bond donors (Lipinski definition) is 1. The number of nitrogens with one attached hydrogen (secondary N) is 1. The molecule has 0 fully saturated rings. The molecule has 0 aromatic heterocycles. The molecule has 0 aliphatic rings. The summed E-state index contributed by atoms with van der Waals surface area (Å²) in [6, 6.07) is 12.9. The molecule has 0 heterocycles. The molecule has 0 amide bonds. The van der Waals surface area contributed by atoms with E-state index in [1.54, 1.807) is 0 Å². The maximum Gasteiger partial charge on any atom is 0.0517 e. The molecule has 0 saturated carbocycles. The second kappa shape index (κ2) is 6.06. The first kappa shape index (κ1) is 13.9. The molecule has 18 heavy (non-hydrogen) atoms. The topological polar surface area (TPSA) is 12.0 Å². The van der Waals surface area contributed by atoms with Crippen LogP contribution in [-0.4, -0.2) is 0 Å². The Morgan fingerprint density at radius 1 is 1.17 bits per heavy atom. The third-order valence-electron chi connectivity index (χ3n) is 2.79. The maximum atomic E-state index is 3.62. The van der Waals surface area contributed by atoms with E-state index in [2.05, 4.69) is 94.1 Å². The van der Waals surface area contributed by atoms with Gasteiger partial charge in [-0.2, -0.15) is 0 Å². The summed E-state index contributed by atoms with van der Waals surface area (Å²) < 4.78 is 2.40. The molecular formula is C15H15BrIN. The van der Waals surface area contributed by atoms with Crippen molar-refractivity contribution >= 4 is 44.2 Å². The largest absolute Gasteiger partial charge is 0.380 e. The minimum atomic E-state index is 0.847. The van der Waals surface area contributed by atoms with Gasteiger partial charge in [0.2, 0.25) is 0 Å². The summed E-state index contributed by atoms with van der Waals surface area (Å²) in [6.45, 7) is 5.09. The molecule has 0 atom stereocenters. The summed E-state index contributed by atoms with van der Waals surface area (Å²) in [5.41, 5.74) is 5.03. The quantitative estimate of drug-likeness (QED) is 0.672. The van der Waals surface area contributed by atoms with E-state index in [0.717, 1.165) is 11.0 Å². The highest BCUT2D eigenvalue weighted by molar-refractivity contribution is 14.1. The molecule has 0 spiro atoms. The number of anilines is 1. The summed E-state index contributed by atoms with van der Waals surface area (Å²) >= 11 is 5.96. The van der Waals surface area contributed by atoms with Gasteiger partial charge < -0.3 is 5.32 Å². The molecule has 0 bridgehead atoms. The van der Waals surface area contributed by atoms with E-state index in [0.29, 0.717) is 0 Å². The smallest absolute Gasteiger partial charge is 0.0517 e. The monoisotopic (exact) mass is 415 g/mol. The minimum Gasteiger partial charge on any atom is -0.380 e. The molecule has 3 heteroatoms. The first-order chi connectivity index (χ1) is 8.56. The van der Waals surface area contributed by atoms with Crippen LogP contribution in [0.2, 0.25) is 0 Å². The van der Waals surface area contributed by atoms with Crippen LogP contribution in [0.15, 0.2) is 40.9 Å². The van der Waals surface area contributed by atoms with E-state index in [-0.39, 0.29) is 0 Å². The van der Waals surface area contributed by atoms with Gasteiger partial charge in [-0.15, -0.1) is 0 Å². The first-order valence-corrected chi connectivity index (χ1v) is 7.68. The van der Waals surface area contributed by atoms with Crippen LogP contribution in [0.25, 0.3) is 0 Å². The van der Waals surface area contributed by atoms with E-state index in [1.807, 2.05) is 0 Å². The molecule has 94 valence electrons. The van der Waals surface area contributed by atoms with Gasteiger partial charge in [-0.1, -0.05) is 18.2 Å². The fourth-order valence-corrected chi connectivity index (χ4v) is 3.40. The summed E-state index contributed by atoms with van der Waals surface area (Å²) in [6.07, 6.45) is 0. The highest BCUT2D eigenvalue weighted by atomic mass is 127. The molecule has 2 rings (SSSR count). The lowest BCUT2D eigenvalue weighted by molar-refractivity contribution is 1.13. The Morgan fingerprint density at radius 3 is 2.61 bits per heavy atom. The number of benzene rings is 2. The Hall–Kier alpha value is -0.550. The highest BCUT2D eigenvalue weighted by Gasteiger charge is 2.04. The molecule has 0 saturated heterocycles. The summed E-state index contributed by atoms with van der Waals surface area (Å²) in [5.74, 6) is 0. The molecular weight excluding hydrogens is 401 g/mol. The molecule has 0 unspecified atom stereocenters. The Bertz CT molecular complexity index is 543. The highest BCUT2D eigenvalue weighted by Crippen LogP contribution is 2.28. The average molecular weight is 416 g/mol. The van der Waals surface area contributed by atoms with Gasteiger partial charge >= 0.3 is 0 Å². The molecule has 0 aliphatic carbocycles. The van der Waals surface area contributed by atoms with Gasteiger partial charge in [-0.3, -0.25) is 0 Å². The Labute approximate surface area is 130 Å². The van der Waals surface area contributed by atoms with Gasteiger partial charge in [0.1, 0.15) is 0 Å². The number of halogens is 2. The van der Waals surface area contributed by atoms with Crippen LogP contribution < -0.4 is 5.32 Å². The van der Waals surface area contributed by atoms with Crippen molar-refractivity contribution < 1.29 is 0 Å². The van der Waals surface area contributed by atoms with E-state index < -0.39 is 0 Å². The van der Waals surface area contributed by atoms with Crippen molar-refractivity contribution in [1.29, 1.82) is 0 Å². The van der Waals surface area contributed by atoms with Crippen LogP contribution in [0.3, 0.4) is 0 Å².